The molecule has 0 aliphatic rings. The molecule has 1 unspecified atom stereocenters. The number of unbranched alkanes of at least 4 members (excludes halogenated alkanes) is 1. The lowest BCUT2D eigenvalue weighted by Gasteiger charge is -2.14. The Morgan fingerprint density at radius 3 is 2.31 bits per heavy atom. The van der Waals surface area contributed by atoms with Crippen molar-refractivity contribution >= 4 is 0 Å². The summed E-state index contributed by atoms with van der Waals surface area (Å²) < 4.78 is 11.0. The molecule has 0 N–H and O–H groups in total. The molecule has 0 aromatic heterocycles. The number of rotatable bonds is 8. The fourth-order valence-electron chi connectivity index (χ4n) is 0.947. The van der Waals surface area contributed by atoms with Crippen molar-refractivity contribution in [1.82, 2.24) is 0 Å². The topological polar surface area (TPSA) is 18.5 Å². The number of hydrogen-bond acceptors (Lipinski definition) is 2. The Balaban J connectivity index is 3.15. The van der Waals surface area contributed by atoms with Crippen molar-refractivity contribution in [2.75, 3.05) is 19.8 Å². The summed E-state index contributed by atoms with van der Waals surface area (Å²) in [6.07, 6.45) is 2.58. The van der Waals surface area contributed by atoms with E-state index in [0.717, 1.165) is 26.2 Å². The Kier molecular flexibility index (Phi) is 8.46. The molecule has 1 atom stereocenters. The molecule has 2 nitrogen and oxygen atoms in total. The van der Waals surface area contributed by atoms with E-state index < -0.39 is 0 Å². The van der Waals surface area contributed by atoms with Gasteiger partial charge in [-0.1, -0.05) is 27.2 Å². The summed E-state index contributed by atoms with van der Waals surface area (Å²) in [5.74, 6) is 0.614. The summed E-state index contributed by atoms with van der Waals surface area (Å²) in [5, 5.41) is 0. The second kappa shape index (κ2) is 8.52. The van der Waals surface area contributed by atoms with Crippen molar-refractivity contribution in [3.05, 3.63) is 0 Å². The zero-order valence-electron chi connectivity index (χ0n) is 9.51. The zero-order chi connectivity index (χ0) is 10.1. The lowest BCUT2D eigenvalue weighted by atomic mass is 10.2. The van der Waals surface area contributed by atoms with Gasteiger partial charge in [0.15, 0.2) is 0 Å². The Hall–Kier alpha value is -0.0800. The van der Waals surface area contributed by atoms with E-state index in [1.54, 1.807) is 0 Å². The summed E-state index contributed by atoms with van der Waals surface area (Å²) >= 11 is 0. The molecule has 0 heterocycles. The molecule has 13 heavy (non-hydrogen) atoms. The predicted octanol–water partition coefficient (Wildman–Crippen LogP) is 2.86. The van der Waals surface area contributed by atoms with Crippen LogP contribution in [0.15, 0.2) is 0 Å². The van der Waals surface area contributed by atoms with Crippen LogP contribution in [0.1, 0.15) is 40.5 Å². The van der Waals surface area contributed by atoms with Gasteiger partial charge >= 0.3 is 0 Å². The van der Waals surface area contributed by atoms with Crippen LogP contribution in [0, 0.1) is 5.92 Å². The SMILES string of the molecule is CCCCOC(C)COCC(C)C. The lowest BCUT2D eigenvalue weighted by Crippen LogP contribution is -2.18. The fourth-order valence-corrected chi connectivity index (χ4v) is 0.947. The van der Waals surface area contributed by atoms with Crippen LogP contribution in [0.5, 0.6) is 0 Å². The first-order valence-corrected chi connectivity index (χ1v) is 5.36. The van der Waals surface area contributed by atoms with Gasteiger partial charge in [0, 0.05) is 13.2 Å². The van der Waals surface area contributed by atoms with Crippen molar-refractivity contribution in [2.45, 2.75) is 46.6 Å². The van der Waals surface area contributed by atoms with Crippen LogP contribution in [0.4, 0.5) is 0 Å². The largest absolute Gasteiger partial charge is 0.379 e. The molecule has 0 bridgehead atoms. The van der Waals surface area contributed by atoms with E-state index >= 15 is 0 Å². The molecule has 0 fully saturated rings. The van der Waals surface area contributed by atoms with Gasteiger partial charge in [0.1, 0.15) is 0 Å². The molecule has 0 rings (SSSR count). The second-order valence-electron chi connectivity index (χ2n) is 3.97. The quantitative estimate of drug-likeness (QED) is 0.545. The Bertz CT molecular complexity index is 102. The van der Waals surface area contributed by atoms with Gasteiger partial charge in [-0.05, 0) is 19.3 Å². The maximum atomic E-state index is 5.54. The average molecular weight is 188 g/mol. The molecular weight excluding hydrogens is 164 g/mol. The molecule has 0 spiro atoms. The molecule has 0 aromatic rings. The normalized spacial score (nSPS) is 13.6. The third kappa shape index (κ3) is 9.84. The summed E-state index contributed by atoms with van der Waals surface area (Å²) in [4.78, 5) is 0. The second-order valence-corrected chi connectivity index (χ2v) is 3.97. The summed E-state index contributed by atoms with van der Waals surface area (Å²) in [7, 11) is 0. The molecule has 0 aliphatic carbocycles. The summed E-state index contributed by atoms with van der Waals surface area (Å²) in [6, 6.07) is 0. The van der Waals surface area contributed by atoms with Gasteiger partial charge in [-0.25, -0.2) is 0 Å². The van der Waals surface area contributed by atoms with Gasteiger partial charge in [-0.15, -0.1) is 0 Å². The molecular formula is C11H24O2. The van der Waals surface area contributed by atoms with Gasteiger partial charge < -0.3 is 9.47 Å². The number of hydrogen-bond donors (Lipinski definition) is 0. The summed E-state index contributed by atoms with van der Waals surface area (Å²) in [6.45, 7) is 11.0. The van der Waals surface area contributed by atoms with Crippen molar-refractivity contribution in [3.8, 4) is 0 Å². The highest BCUT2D eigenvalue weighted by Crippen LogP contribution is 1.98. The monoisotopic (exact) mass is 188 g/mol. The van der Waals surface area contributed by atoms with Crippen molar-refractivity contribution in [2.24, 2.45) is 5.92 Å². The highest BCUT2D eigenvalue weighted by molar-refractivity contribution is 4.48. The first-order valence-electron chi connectivity index (χ1n) is 5.36. The minimum atomic E-state index is 0.241. The molecule has 0 aromatic carbocycles. The van der Waals surface area contributed by atoms with Gasteiger partial charge in [0.05, 0.1) is 12.7 Å². The Morgan fingerprint density at radius 1 is 1.08 bits per heavy atom. The average Bonchev–Trinajstić information content (AvgIpc) is 2.04. The van der Waals surface area contributed by atoms with Gasteiger partial charge in [-0.2, -0.15) is 0 Å². The smallest absolute Gasteiger partial charge is 0.0780 e. The highest BCUT2D eigenvalue weighted by atomic mass is 16.5. The van der Waals surface area contributed by atoms with Gasteiger partial charge in [-0.3, -0.25) is 0 Å². The summed E-state index contributed by atoms with van der Waals surface area (Å²) in [5.41, 5.74) is 0. The third-order valence-electron chi connectivity index (χ3n) is 1.70. The van der Waals surface area contributed by atoms with Crippen LogP contribution in [0.25, 0.3) is 0 Å². The van der Waals surface area contributed by atoms with Gasteiger partial charge in [0.2, 0.25) is 0 Å². The van der Waals surface area contributed by atoms with Gasteiger partial charge in [0.25, 0.3) is 0 Å². The lowest BCUT2D eigenvalue weighted by molar-refractivity contribution is -0.0137. The van der Waals surface area contributed by atoms with E-state index in [4.69, 9.17) is 9.47 Å². The minimum Gasteiger partial charge on any atom is -0.379 e. The molecule has 0 aliphatic heterocycles. The molecule has 2 heteroatoms. The van der Waals surface area contributed by atoms with E-state index in [9.17, 15) is 0 Å². The first-order chi connectivity index (χ1) is 6.16. The van der Waals surface area contributed by atoms with Crippen molar-refractivity contribution in [1.29, 1.82) is 0 Å². The van der Waals surface area contributed by atoms with Crippen molar-refractivity contribution < 1.29 is 9.47 Å². The zero-order valence-corrected chi connectivity index (χ0v) is 9.51. The first kappa shape index (κ1) is 12.9. The van der Waals surface area contributed by atoms with Crippen LogP contribution in [0.3, 0.4) is 0 Å². The van der Waals surface area contributed by atoms with E-state index in [-0.39, 0.29) is 6.10 Å². The molecule has 0 amide bonds. The van der Waals surface area contributed by atoms with E-state index in [0.29, 0.717) is 5.92 Å². The highest BCUT2D eigenvalue weighted by Gasteiger charge is 2.02. The van der Waals surface area contributed by atoms with Crippen LogP contribution in [-0.2, 0) is 9.47 Å². The molecule has 0 saturated heterocycles. The molecule has 80 valence electrons. The van der Waals surface area contributed by atoms with E-state index in [1.165, 1.54) is 6.42 Å². The maximum Gasteiger partial charge on any atom is 0.0780 e. The maximum absolute atomic E-state index is 5.54. The van der Waals surface area contributed by atoms with Crippen LogP contribution < -0.4 is 0 Å². The van der Waals surface area contributed by atoms with Crippen LogP contribution >= 0.6 is 0 Å². The Morgan fingerprint density at radius 2 is 1.77 bits per heavy atom. The third-order valence-corrected chi connectivity index (χ3v) is 1.70. The minimum absolute atomic E-state index is 0.241. The number of ether oxygens (including phenoxy) is 2. The predicted molar refractivity (Wildman–Crippen MR) is 56.0 cm³/mol. The molecule has 0 radical (unpaired) electrons. The molecule has 0 saturated carbocycles. The van der Waals surface area contributed by atoms with Crippen LogP contribution in [-0.4, -0.2) is 25.9 Å². The standard InChI is InChI=1S/C11H24O2/c1-5-6-7-13-11(4)9-12-8-10(2)3/h10-11H,5-9H2,1-4H3. The Labute approximate surface area is 82.6 Å². The fraction of sp³-hybridized carbons (Fsp3) is 1.00. The van der Waals surface area contributed by atoms with E-state index in [2.05, 4.69) is 27.7 Å². The van der Waals surface area contributed by atoms with Crippen LogP contribution in [0.2, 0.25) is 0 Å². The van der Waals surface area contributed by atoms with E-state index in [1.807, 2.05) is 0 Å². The van der Waals surface area contributed by atoms with Crippen molar-refractivity contribution in [3.63, 3.8) is 0 Å².